The number of amides is 3. The number of urea groups is 1. The lowest BCUT2D eigenvalue weighted by Crippen LogP contribution is -2.43. The standard InChI is InChI=1S/C20H28F3N5O2.HI/c1-5-19(2)16(29)28(18(30)26-19)12-6-11-25-17(24-3)27(4)13-14-7-9-15(10-8-14)20(21,22)23;/h7-10H,5-6,11-13H2,1-4H3,(H,24,25)(H,26,30);1H. The highest BCUT2D eigenvalue weighted by Gasteiger charge is 2.45. The lowest BCUT2D eigenvalue weighted by Gasteiger charge is -2.23. The number of rotatable bonds is 7. The third-order valence-electron chi connectivity index (χ3n) is 5.17. The van der Waals surface area contributed by atoms with Crippen LogP contribution in [0.1, 0.15) is 37.8 Å². The summed E-state index contributed by atoms with van der Waals surface area (Å²) in [6, 6.07) is 4.61. The van der Waals surface area contributed by atoms with Crippen molar-refractivity contribution < 1.29 is 22.8 Å². The Labute approximate surface area is 197 Å². The van der Waals surface area contributed by atoms with Crippen LogP contribution < -0.4 is 10.6 Å². The molecule has 1 fully saturated rings. The Bertz CT molecular complexity index is 801. The van der Waals surface area contributed by atoms with Gasteiger partial charge in [-0.25, -0.2) is 4.79 Å². The number of nitrogens with one attached hydrogen (secondary N) is 2. The summed E-state index contributed by atoms with van der Waals surface area (Å²) in [7, 11) is 3.38. The summed E-state index contributed by atoms with van der Waals surface area (Å²) in [6.07, 6.45) is -3.30. The molecule has 2 N–H and O–H groups in total. The van der Waals surface area contributed by atoms with Crippen molar-refractivity contribution in [3.8, 4) is 0 Å². The summed E-state index contributed by atoms with van der Waals surface area (Å²) in [5.74, 6) is 0.337. The fourth-order valence-corrected chi connectivity index (χ4v) is 3.16. The number of carbonyl (C=O) groups excluding carboxylic acids is 2. The molecule has 1 aliphatic heterocycles. The molecule has 0 spiro atoms. The fourth-order valence-electron chi connectivity index (χ4n) is 3.16. The van der Waals surface area contributed by atoms with Crippen molar-refractivity contribution in [2.24, 2.45) is 4.99 Å². The molecule has 7 nitrogen and oxygen atoms in total. The molecule has 11 heteroatoms. The van der Waals surface area contributed by atoms with Gasteiger partial charge in [-0.3, -0.25) is 14.7 Å². The molecule has 1 aromatic rings. The molecule has 2 rings (SSSR count). The van der Waals surface area contributed by atoms with E-state index in [4.69, 9.17) is 0 Å². The number of imide groups is 1. The highest BCUT2D eigenvalue weighted by molar-refractivity contribution is 14.0. The Balaban J connectivity index is 0.00000480. The number of halogens is 4. The van der Waals surface area contributed by atoms with Crippen LogP contribution in [-0.2, 0) is 17.5 Å². The van der Waals surface area contributed by atoms with Crippen LogP contribution in [0.15, 0.2) is 29.3 Å². The molecular weight excluding hydrogens is 526 g/mol. The van der Waals surface area contributed by atoms with Gasteiger partial charge in [-0.05, 0) is 37.5 Å². The Morgan fingerprint density at radius 3 is 2.35 bits per heavy atom. The first-order valence-corrected chi connectivity index (χ1v) is 9.74. The highest BCUT2D eigenvalue weighted by Crippen LogP contribution is 2.29. The van der Waals surface area contributed by atoms with Crippen LogP contribution in [0.4, 0.5) is 18.0 Å². The zero-order chi connectivity index (χ0) is 22.5. The molecule has 1 saturated heterocycles. The monoisotopic (exact) mass is 555 g/mol. The molecule has 1 unspecified atom stereocenters. The van der Waals surface area contributed by atoms with E-state index >= 15 is 0 Å². The summed E-state index contributed by atoms with van der Waals surface area (Å²) < 4.78 is 38.0. The predicted octanol–water partition coefficient (Wildman–Crippen LogP) is 3.44. The zero-order valence-corrected chi connectivity index (χ0v) is 20.4. The van der Waals surface area contributed by atoms with Gasteiger partial charge < -0.3 is 15.5 Å². The molecule has 1 aromatic carbocycles. The van der Waals surface area contributed by atoms with Crippen molar-refractivity contribution in [2.75, 3.05) is 27.2 Å². The van der Waals surface area contributed by atoms with Gasteiger partial charge >= 0.3 is 12.2 Å². The molecule has 0 saturated carbocycles. The van der Waals surface area contributed by atoms with E-state index in [0.29, 0.717) is 37.5 Å². The first kappa shape index (κ1) is 27.0. The lowest BCUT2D eigenvalue weighted by atomic mass is 9.99. The van der Waals surface area contributed by atoms with Crippen molar-refractivity contribution in [1.82, 2.24) is 20.4 Å². The van der Waals surface area contributed by atoms with Crippen molar-refractivity contribution in [2.45, 2.75) is 44.9 Å². The molecule has 1 atom stereocenters. The van der Waals surface area contributed by atoms with E-state index in [9.17, 15) is 22.8 Å². The van der Waals surface area contributed by atoms with Gasteiger partial charge in [0.25, 0.3) is 5.91 Å². The number of hydrogen-bond acceptors (Lipinski definition) is 3. The van der Waals surface area contributed by atoms with E-state index in [2.05, 4.69) is 15.6 Å². The van der Waals surface area contributed by atoms with Crippen LogP contribution in [0.5, 0.6) is 0 Å². The van der Waals surface area contributed by atoms with Crippen molar-refractivity contribution in [3.05, 3.63) is 35.4 Å². The molecular formula is C20H29F3IN5O2. The van der Waals surface area contributed by atoms with Crippen LogP contribution >= 0.6 is 24.0 Å². The van der Waals surface area contributed by atoms with Crippen LogP contribution in [0, 0.1) is 0 Å². The van der Waals surface area contributed by atoms with Gasteiger partial charge in [0.05, 0.1) is 5.56 Å². The molecule has 0 bridgehead atoms. The Morgan fingerprint density at radius 2 is 1.87 bits per heavy atom. The van der Waals surface area contributed by atoms with E-state index in [1.165, 1.54) is 17.0 Å². The molecule has 31 heavy (non-hydrogen) atoms. The summed E-state index contributed by atoms with van der Waals surface area (Å²) >= 11 is 0. The quantitative estimate of drug-likeness (QED) is 0.178. The van der Waals surface area contributed by atoms with Gasteiger partial charge in [0, 0.05) is 33.7 Å². The Kier molecular flexibility index (Phi) is 9.58. The summed E-state index contributed by atoms with van der Waals surface area (Å²) in [5.41, 5.74) is -0.815. The van der Waals surface area contributed by atoms with Gasteiger partial charge in [0.1, 0.15) is 5.54 Å². The maximum atomic E-state index is 12.7. The predicted molar refractivity (Wildman–Crippen MR) is 123 cm³/mol. The first-order valence-electron chi connectivity index (χ1n) is 9.74. The minimum Gasteiger partial charge on any atom is -0.356 e. The lowest BCUT2D eigenvalue weighted by molar-refractivity contribution is -0.137. The maximum Gasteiger partial charge on any atom is 0.416 e. The molecule has 0 radical (unpaired) electrons. The number of carbonyl (C=O) groups is 2. The van der Waals surface area contributed by atoms with E-state index in [-0.39, 0.29) is 42.5 Å². The third-order valence-corrected chi connectivity index (χ3v) is 5.17. The highest BCUT2D eigenvalue weighted by atomic mass is 127. The number of benzene rings is 1. The van der Waals surface area contributed by atoms with Gasteiger partial charge in [0.2, 0.25) is 0 Å². The number of aliphatic imine (C=N–C) groups is 1. The van der Waals surface area contributed by atoms with E-state index in [1.54, 1.807) is 25.9 Å². The summed E-state index contributed by atoms with van der Waals surface area (Å²) in [4.78, 5) is 31.6. The van der Waals surface area contributed by atoms with Crippen LogP contribution in [0.2, 0.25) is 0 Å². The molecule has 0 aromatic heterocycles. The molecule has 174 valence electrons. The van der Waals surface area contributed by atoms with Crippen molar-refractivity contribution in [1.29, 1.82) is 0 Å². The second-order valence-corrected chi connectivity index (χ2v) is 7.45. The van der Waals surface area contributed by atoms with Gasteiger partial charge in [-0.15, -0.1) is 24.0 Å². The minimum atomic E-state index is -4.36. The van der Waals surface area contributed by atoms with Crippen LogP contribution in [0.3, 0.4) is 0 Å². The van der Waals surface area contributed by atoms with Gasteiger partial charge in [-0.2, -0.15) is 13.2 Å². The summed E-state index contributed by atoms with van der Waals surface area (Å²) in [5, 5.41) is 5.85. The molecule has 0 aliphatic carbocycles. The minimum absolute atomic E-state index is 0. The number of guanidine groups is 1. The molecule has 3 amide bonds. The largest absolute Gasteiger partial charge is 0.416 e. The normalized spacial score (nSPS) is 19.2. The fraction of sp³-hybridized carbons (Fsp3) is 0.550. The van der Waals surface area contributed by atoms with E-state index in [0.717, 1.165) is 12.1 Å². The topological polar surface area (TPSA) is 77.0 Å². The average Bonchev–Trinajstić information content (AvgIpc) is 2.90. The smallest absolute Gasteiger partial charge is 0.356 e. The Morgan fingerprint density at radius 1 is 1.26 bits per heavy atom. The molecule has 1 aliphatic rings. The van der Waals surface area contributed by atoms with Crippen LogP contribution in [0.25, 0.3) is 0 Å². The van der Waals surface area contributed by atoms with Gasteiger partial charge in [0.15, 0.2) is 5.96 Å². The van der Waals surface area contributed by atoms with Crippen molar-refractivity contribution >= 4 is 41.9 Å². The van der Waals surface area contributed by atoms with E-state index in [1.807, 2.05) is 6.92 Å². The third kappa shape index (κ3) is 6.71. The van der Waals surface area contributed by atoms with Crippen LogP contribution in [-0.4, -0.2) is 60.4 Å². The molecule has 1 heterocycles. The second kappa shape index (κ2) is 11.0. The van der Waals surface area contributed by atoms with Crippen molar-refractivity contribution in [3.63, 3.8) is 0 Å². The van der Waals surface area contributed by atoms with E-state index < -0.39 is 17.3 Å². The van der Waals surface area contributed by atoms with Gasteiger partial charge in [-0.1, -0.05) is 19.1 Å². The number of nitrogens with zero attached hydrogens (tertiary/aromatic N) is 3. The zero-order valence-electron chi connectivity index (χ0n) is 18.0. The number of alkyl halides is 3. The second-order valence-electron chi connectivity index (χ2n) is 7.45. The first-order chi connectivity index (χ1) is 14.0. The SMILES string of the molecule is CCC1(C)NC(=O)N(CCCNC(=NC)N(C)Cc2ccc(C(F)(F)F)cc2)C1=O.I. The average molecular weight is 555 g/mol. The number of hydrogen-bond donors (Lipinski definition) is 2. The summed E-state index contributed by atoms with van der Waals surface area (Å²) in [6.45, 7) is 4.69. The maximum absolute atomic E-state index is 12.7. The Hall–Kier alpha value is -2.05.